The minimum Gasteiger partial charge on any atom is -0.456 e. The largest absolute Gasteiger partial charge is 0.456 e. The van der Waals surface area contributed by atoms with Crippen molar-refractivity contribution in [2.75, 3.05) is 10.6 Å². The van der Waals surface area contributed by atoms with Crippen molar-refractivity contribution in [3.8, 4) is 23.6 Å². The second-order valence-corrected chi connectivity index (χ2v) is 6.28. The Hall–Kier alpha value is -4.29. The van der Waals surface area contributed by atoms with Crippen LogP contribution in [0.1, 0.15) is 18.1 Å². The maximum Gasteiger partial charge on any atom is 0.246 e. The van der Waals surface area contributed by atoms with Crippen LogP contribution in [-0.2, 0) is 4.79 Å². The van der Waals surface area contributed by atoms with E-state index in [1.807, 2.05) is 6.07 Å². The molecule has 0 bridgehead atoms. The Labute approximate surface area is 169 Å². The number of nitrogens with zero attached hydrogens (tertiary/aromatic N) is 2. The summed E-state index contributed by atoms with van der Waals surface area (Å²) >= 11 is 0. The van der Waals surface area contributed by atoms with E-state index >= 15 is 0 Å². The summed E-state index contributed by atoms with van der Waals surface area (Å²) in [6, 6.07) is 24.5. The van der Waals surface area contributed by atoms with Crippen molar-refractivity contribution < 1.29 is 9.53 Å². The Bertz CT molecular complexity index is 1090. The van der Waals surface area contributed by atoms with Crippen LogP contribution in [0.4, 0.5) is 11.4 Å². The molecule has 0 radical (unpaired) electrons. The first-order valence-corrected chi connectivity index (χ1v) is 8.93. The minimum atomic E-state index is -0.494. The highest BCUT2D eigenvalue weighted by molar-refractivity contribution is 5.96. The summed E-state index contributed by atoms with van der Waals surface area (Å²) in [5, 5.41) is 24.0. The van der Waals surface area contributed by atoms with Crippen LogP contribution in [0.15, 0.2) is 72.8 Å². The third-order valence-electron chi connectivity index (χ3n) is 4.13. The topological polar surface area (TPSA) is 97.9 Å². The van der Waals surface area contributed by atoms with E-state index < -0.39 is 6.04 Å². The number of carbonyl (C=O) groups is 1. The predicted molar refractivity (Wildman–Crippen MR) is 111 cm³/mol. The molecule has 0 saturated heterocycles. The van der Waals surface area contributed by atoms with Crippen LogP contribution in [0.5, 0.6) is 11.5 Å². The standard InChI is InChI=1S/C23H18N4O2/c1-16(23(28)27-20-7-4-5-17(13-20)14-24)26-19-9-11-21(12-10-19)29-22-8-3-2-6-18(22)15-25/h2-13,16,26H,1H3,(H,27,28)/t16-/m0/s1. The van der Waals surface area contributed by atoms with Crippen LogP contribution in [-0.4, -0.2) is 11.9 Å². The summed E-state index contributed by atoms with van der Waals surface area (Å²) < 4.78 is 5.75. The summed E-state index contributed by atoms with van der Waals surface area (Å²) in [4.78, 5) is 12.4. The average molecular weight is 382 g/mol. The van der Waals surface area contributed by atoms with Crippen molar-refractivity contribution in [3.63, 3.8) is 0 Å². The van der Waals surface area contributed by atoms with Gasteiger partial charge in [0.1, 0.15) is 23.6 Å². The smallest absolute Gasteiger partial charge is 0.246 e. The number of para-hydroxylation sites is 1. The zero-order chi connectivity index (χ0) is 20.6. The minimum absolute atomic E-state index is 0.219. The quantitative estimate of drug-likeness (QED) is 0.646. The number of nitriles is 2. The number of hydrogen-bond acceptors (Lipinski definition) is 5. The third-order valence-corrected chi connectivity index (χ3v) is 4.13. The van der Waals surface area contributed by atoms with Crippen LogP contribution < -0.4 is 15.4 Å². The van der Waals surface area contributed by atoms with Crippen molar-refractivity contribution in [1.82, 2.24) is 0 Å². The van der Waals surface area contributed by atoms with Gasteiger partial charge < -0.3 is 15.4 Å². The van der Waals surface area contributed by atoms with Crippen molar-refractivity contribution in [2.24, 2.45) is 0 Å². The van der Waals surface area contributed by atoms with Crippen LogP contribution in [0.25, 0.3) is 0 Å². The van der Waals surface area contributed by atoms with E-state index in [0.717, 1.165) is 5.69 Å². The predicted octanol–water partition coefficient (Wildman–Crippen LogP) is 4.66. The Morgan fingerprint density at radius 2 is 1.69 bits per heavy atom. The first-order chi connectivity index (χ1) is 14.1. The monoisotopic (exact) mass is 382 g/mol. The van der Waals surface area contributed by atoms with Crippen LogP contribution in [0, 0.1) is 22.7 Å². The Balaban J connectivity index is 1.61. The lowest BCUT2D eigenvalue weighted by Gasteiger charge is -2.16. The van der Waals surface area contributed by atoms with Gasteiger partial charge in [-0.25, -0.2) is 0 Å². The number of carbonyl (C=O) groups excluding carboxylic acids is 1. The molecule has 2 N–H and O–H groups in total. The van der Waals surface area contributed by atoms with Gasteiger partial charge in [0.2, 0.25) is 5.91 Å². The van der Waals surface area contributed by atoms with Gasteiger partial charge in [0.25, 0.3) is 0 Å². The number of benzene rings is 3. The molecule has 6 heteroatoms. The second-order valence-electron chi connectivity index (χ2n) is 6.28. The van der Waals surface area contributed by atoms with Gasteiger partial charge in [-0.3, -0.25) is 4.79 Å². The normalized spacial score (nSPS) is 10.9. The molecule has 0 aliphatic carbocycles. The van der Waals surface area contributed by atoms with E-state index in [-0.39, 0.29) is 5.91 Å². The van der Waals surface area contributed by atoms with E-state index in [9.17, 15) is 4.79 Å². The van der Waals surface area contributed by atoms with E-state index in [1.165, 1.54) is 0 Å². The molecule has 0 unspecified atom stereocenters. The lowest BCUT2D eigenvalue weighted by molar-refractivity contribution is -0.116. The zero-order valence-corrected chi connectivity index (χ0v) is 15.7. The lowest BCUT2D eigenvalue weighted by atomic mass is 10.2. The molecule has 142 valence electrons. The molecular formula is C23H18N4O2. The highest BCUT2D eigenvalue weighted by atomic mass is 16.5. The van der Waals surface area contributed by atoms with Crippen LogP contribution in [0.2, 0.25) is 0 Å². The van der Waals surface area contributed by atoms with Gasteiger partial charge in [-0.2, -0.15) is 10.5 Å². The van der Waals surface area contributed by atoms with E-state index in [1.54, 1.807) is 79.7 Å². The molecule has 3 rings (SSSR count). The summed E-state index contributed by atoms with van der Waals surface area (Å²) in [5.74, 6) is 0.857. The molecule has 3 aromatic carbocycles. The van der Waals surface area contributed by atoms with Gasteiger partial charge in [0.15, 0.2) is 0 Å². The SMILES string of the molecule is C[C@H](Nc1ccc(Oc2ccccc2C#N)cc1)C(=O)Nc1cccc(C#N)c1. The molecule has 0 saturated carbocycles. The fraction of sp³-hybridized carbons (Fsp3) is 0.0870. The molecule has 6 nitrogen and oxygen atoms in total. The number of amides is 1. The summed E-state index contributed by atoms with van der Waals surface area (Å²) in [5.41, 5.74) is 2.26. The van der Waals surface area contributed by atoms with Crippen molar-refractivity contribution in [2.45, 2.75) is 13.0 Å². The molecule has 0 aliphatic heterocycles. The van der Waals surface area contributed by atoms with Gasteiger partial charge >= 0.3 is 0 Å². The van der Waals surface area contributed by atoms with Crippen molar-refractivity contribution in [1.29, 1.82) is 10.5 Å². The maximum absolute atomic E-state index is 12.4. The Morgan fingerprint density at radius 3 is 2.41 bits per heavy atom. The van der Waals surface area contributed by atoms with Crippen molar-refractivity contribution >= 4 is 17.3 Å². The van der Waals surface area contributed by atoms with Crippen LogP contribution in [0.3, 0.4) is 0 Å². The van der Waals surface area contributed by atoms with E-state index in [0.29, 0.717) is 28.3 Å². The second kappa shape index (κ2) is 9.07. The Kier molecular flexibility index (Phi) is 6.09. The Morgan fingerprint density at radius 1 is 0.931 bits per heavy atom. The molecule has 0 aliphatic rings. The third kappa shape index (κ3) is 5.12. The fourth-order valence-corrected chi connectivity index (χ4v) is 2.63. The van der Waals surface area contributed by atoms with Crippen molar-refractivity contribution in [3.05, 3.63) is 83.9 Å². The fourth-order valence-electron chi connectivity index (χ4n) is 2.63. The van der Waals surface area contributed by atoms with Crippen LogP contribution >= 0.6 is 0 Å². The lowest BCUT2D eigenvalue weighted by Crippen LogP contribution is -2.31. The molecular weight excluding hydrogens is 364 g/mol. The summed E-state index contributed by atoms with van der Waals surface area (Å²) in [7, 11) is 0. The zero-order valence-electron chi connectivity index (χ0n) is 15.7. The summed E-state index contributed by atoms with van der Waals surface area (Å²) in [6.45, 7) is 1.75. The molecule has 1 amide bonds. The number of ether oxygens (including phenoxy) is 1. The molecule has 29 heavy (non-hydrogen) atoms. The highest BCUT2D eigenvalue weighted by Gasteiger charge is 2.13. The molecule has 1 atom stereocenters. The van der Waals surface area contributed by atoms with Gasteiger partial charge in [0, 0.05) is 11.4 Å². The first kappa shape index (κ1) is 19.5. The van der Waals surface area contributed by atoms with E-state index in [2.05, 4.69) is 16.7 Å². The number of anilines is 2. The highest BCUT2D eigenvalue weighted by Crippen LogP contribution is 2.26. The molecule has 0 aromatic heterocycles. The number of rotatable bonds is 6. The first-order valence-electron chi connectivity index (χ1n) is 8.93. The summed E-state index contributed by atoms with van der Waals surface area (Å²) in [6.07, 6.45) is 0. The average Bonchev–Trinajstić information content (AvgIpc) is 2.75. The molecule has 0 heterocycles. The van der Waals surface area contributed by atoms with Gasteiger partial charge in [-0.1, -0.05) is 18.2 Å². The van der Waals surface area contributed by atoms with Gasteiger partial charge in [-0.15, -0.1) is 0 Å². The number of nitrogens with one attached hydrogen (secondary N) is 2. The van der Waals surface area contributed by atoms with E-state index in [4.69, 9.17) is 15.3 Å². The molecule has 3 aromatic rings. The molecule has 0 spiro atoms. The van der Waals surface area contributed by atoms with Gasteiger partial charge in [0.05, 0.1) is 17.2 Å². The number of hydrogen-bond donors (Lipinski definition) is 2. The van der Waals surface area contributed by atoms with Gasteiger partial charge in [-0.05, 0) is 61.5 Å². The molecule has 0 fully saturated rings. The maximum atomic E-state index is 12.4.